The molecule has 0 bridgehead atoms. The summed E-state index contributed by atoms with van der Waals surface area (Å²) in [5.41, 5.74) is 17.6. The van der Waals surface area contributed by atoms with Crippen molar-refractivity contribution in [3.8, 4) is 22.3 Å². The van der Waals surface area contributed by atoms with Crippen molar-refractivity contribution >= 4 is 38.6 Å². The van der Waals surface area contributed by atoms with E-state index in [0.717, 1.165) is 72.4 Å². The minimum absolute atomic E-state index is 0.248. The van der Waals surface area contributed by atoms with Gasteiger partial charge in [-0.1, -0.05) is 99.0 Å². The highest BCUT2D eigenvalue weighted by Crippen LogP contribution is 2.35. The van der Waals surface area contributed by atoms with E-state index in [9.17, 15) is 0 Å². The second-order valence-corrected chi connectivity index (χ2v) is 11.2. The Morgan fingerprint density at radius 3 is 2.55 bits per heavy atom. The first-order valence-electron chi connectivity index (χ1n) is 14.7. The topological polar surface area (TPSA) is 56.2 Å². The summed E-state index contributed by atoms with van der Waals surface area (Å²) in [7, 11) is 0. The summed E-state index contributed by atoms with van der Waals surface area (Å²) < 4.78 is 2.19. The quantitative estimate of drug-likeness (QED) is 0.204. The first kappa shape index (κ1) is 27.1. The summed E-state index contributed by atoms with van der Waals surface area (Å²) in [6.07, 6.45) is 15.5. The van der Waals surface area contributed by atoms with E-state index in [0.29, 0.717) is 0 Å². The molecule has 6 aromatic rings. The number of allylic oxidation sites excluding steroid dienone is 9. The third kappa shape index (κ3) is 4.87. The van der Waals surface area contributed by atoms with Crippen LogP contribution in [-0.2, 0) is 0 Å². The monoisotopic (exact) mass is 568 g/mol. The van der Waals surface area contributed by atoms with Crippen molar-refractivity contribution in [1.82, 2.24) is 14.4 Å². The van der Waals surface area contributed by atoms with Crippen molar-refractivity contribution < 1.29 is 0 Å². The molecule has 0 saturated heterocycles. The Morgan fingerprint density at radius 2 is 1.68 bits per heavy atom. The fourth-order valence-electron chi connectivity index (χ4n) is 5.85. The lowest BCUT2D eigenvalue weighted by Gasteiger charge is -2.19. The highest BCUT2D eigenvalue weighted by Gasteiger charge is 2.17. The second-order valence-electron chi connectivity index (χ2n) is 11.2. The number of hydrogen-bond acceptors (Lipinski definition) is 3. The Balaban J connectivity index is 1.33. The number of nitrogens with zero attached hydrogens (tertiary/aromatic N) is 3. The molecule has 0 amide bonds. The SMILES string of the molecule is C=C(/C=C\C=C/N)c1cc(-c2cccc(-c3ccc4nc5c6ccccc6ccn5c4c3)c2)cc(C2=CC=CC(C)C2=C)n1. The van der Waals surface area contributed by atoms with Crippen molar-refractivity contribution in [2.45, 2.75) is 6.92 Å². The number of rotatable bonds is 6. The molecule has 1 atom stereocenters. The van der Waals surface area contributed by atoms with Crippen molar-refractivity contribution in [3.05, 3.63) is 164 Å². The predicted molar refractivity (Wildman–Crippen MR) is 186 cm³/mol. The van der Waals surface area contributed by atoms with Gasteiger partial charge in [-0.25, -0.2) is 9.97 Å². The lowest BCUT2D eigenvalue weighted by atomic mass is 9.87. The Bertz CT molecular complexity index is 2240. The summed E-state index contributed by atoms with van der Waals surface area (Å²) in [5, 5.41) is 2.33. The number of imidazole rings is 1. The highest BCUT2D eigenvalue weighted by atomic mass is 15.0. The first-order chi connectivity index (χ1) is 21.5. The molecule has 1 aliphatic rings. The minimum atomic E-state index is 0.248. The van der Waals surface area contributed by atoms with Crippen LogP contribution in [0.4, 0.5) is 0 Å². The van der Waals surface area contributed by atoms with E-state index in [1.807, 2.05) is 12.2 Å². The van der Waals surface area contributed by atoms with E-state index < -0.39 is 0 Å². The standard InChI is InChI=1S/C40H32N4/c1-26-11-8-16-34(28(26)3)38-24-33(23-37(42-38)27(2)10-6-7-20-41)31-14-9-13-30(22-31)32-17-18-36-39(25-32)44-21-19-29-12-4-5-15-35(29)40(44)43-36/h4-26H,2-3,41H2,1H3/b10-6-,20-7-. The third-order valence-electron chi connectivity index (χ3n) is 8.33. The maximum atomic E-state index is 5.53. The Morgan fingerprint density at radius 1 is 0.864 bits per heavy atom. The summed E-state index contributed by atoms with van der Waals surface area (Å²) >= 11 is 0. The van der Waals surface area contributed by atoms with Crippen LogP contribution in [0.25, 0.3) is 60.9 Å². The second kappa shape index (κ2) is 11.2. The molecule has 4 heteroatoms. The van der Waals surface area contributed by atoms with Gasteiger partial charge in [-0.3, -0.25) is 4.40 Å². The highest BCUT2D eigenvalue weighted by molar-refractivity contribution is 5.99. The van der Waals surface area contributed by atoms with Crippen molar-refractivity contribution in [3.63, 3.8) is 0 Å². The molecule has 3 heterocycles. The number of nitrogens with two attached hydrogens (primary N) is 1. The number of fused-ring (bicyclic) bond motifs is 5. The molecule has 0 fully saturated rings. The summed E-state index contributed by atoms with van der Waals surface area (Å²) in [4.78, 5) is 10.0. The third-order valence-corrected chi connectivity index (χ3v) is 8.33. The summed E-state index contributed by atoms with van der Waals surface area (Å²) in [6.45, 7) is 10.8. The molecule has 0 aliphatic heterocycles. The van der Waals surface area contributed by atoms with Gasteiger partial charge < -0.3 is 5.73 Å². The van der Waals surface area contributed by atoms with Gasteiger partial charge in [0, 0.05) is 17.2 Å². The van der Waals surface area contributed by atoms with E-state index in [2.05, 4.69) is 134 Å². The van der Waals surface area contributed by atoms with Gasteiger partial charge in [0.2, 0.25) is 0 Å². The number of benzene rings is 3. The zero-order chi connectivity index (χ0) is 30.2. The van der Waals surface area contributed by atoms with Crippen LogP contribution in [0.3, 0.4) is 0 Å². The molecule has 3 aromatic carbocycles. The van der Waals surface area contributed by atoms with Crippen LogP contribution in [0.5, 0.6) is 0 Å². The Labute approximate surface area is 257 Å². The van der Waals surface area contributed by atoms with Crippen molar-refractivity contribution in [1.29, 1.82) is 0 Å². The molecule has 0 radical (unpaired) electrons. The first-order valence-corrected chi connectivity index (χ1v) is 14.7. The number of pyridine rings is 2. The molecular weight excluding hydrogens is 536 g/mol. The molecule has 0 saturated carbocycles. The number of aromatic nitrogens is 3. The number of hydrogen-bond donors (Lipinski definition) is 1. The molecule has 0 spiro atoms. The zero-order valence-corrected chi connectivity index (χ0v) is 24.6. The molecular formula is C40H32N4. The van der Waals surface area contributed by atoms with Crippen LogP contribution in [0.1, 0.15) is 18.3 Å². The smallest absolute Gasteiger partial charge is 0.145 e. The molecule has 2 N–H and O–H groups in total. The van der Waals surface area contributed by atoms with Crippen LogP contribution in [0, 0.1) is 5.92 Å². The van der Waals surface area contributed by atoms with E-state index in [-0.39, 0.29) is 5.92 Å². The Kier molecular flexibility index (Phi) is 6.88. The maximum Gasteiger partial charge on any atom is 0.145 e. The lowest BCUT2D eigenvalue weighted by Crippen LogP contribution is -2.04. The van der Waals surface area contributed by atoms with Gasteiger partial charge in [-0.05, 0) is 93.4 Å². The molecule has 44 heavy (non-hydrogen) atoms. The van der Waals surface area contributed by atoms with Gasteiger partial charge >= 0.3 is 0 Å². The largest absolute Gasteiger partial charge is 0.405 e. The minimum Gasteiger partial charge on any atom is -0.405 e. The van der Waals surface area contributed by atoms with Crippen LogP contribution < -0.4 is 5.73 Å². The molecule has 1 unspecified atom stereocenters. The summed E-state index contributed by atoms with van der Waals surface area (Å²) in [6, 6.07) is 30.0. The predicted octanol–water partition coefficient (Wildman–Crippen LogP) is 9.56. The van der Waals surface area contributed by atoms with Crippen molar-refractivity contribution in [2.75, 3.05) is 0 Å². The Hall–Kier alpha value is -5.74. The zero-order valence-electron chi connectivity index (χ0n) is 24.6. The van der Waals surface area contributed by atoms with Crippen LogP contribution >= 0.6 is 0 Å². The van der Waals surface area contributed by atoms with Gasteiger partial charge in [0.1, 0.15) is 5.65 Å². The van der Waals surface area contributed by atoms with Crippen LogP contribution in [-0.4, -0.2) is 14.4 Å². The van der Waals surface area contributed by atoms with Gasteiger partial charge in [0.25, 0.3) is 0 Å². The molecule has 4 nitrogen and oxygen atoms in total. The maximum absolute atomic E-state index is 5.53. The van der Waals surface area contributed by atoms with E-state index >= 15 is 0 Å². The fraction of sp³-hybridized carbons (Fsp3) is 0.0500. The molecule has 3 aromatic heterocycles. The van der Waals surface area contributed by atoms with E-state index in [1.54, 1.807) is 6.08 Å². The fourth-order valence-corrected chi connectivity index (χ4v) is 5.85. The molecule has 1 aliphatic carbocycles. The van der Waals surface area contributed by atoms with Crippen LogP contribution in [0.15, 0.2) is 153 Å². The normalized spacial score (nSPS) is 15.2. The van der Waals surface area contributed by atoms with Gasteiger partial charge in [-0.15, -0.1) is 0 Å². The average molecular weight is 569 g/mol. The molecule has 212 valence electrons. The van der Waals surface area contributed by atoms with Crippen LogP contribution in [0.2, 0.25) is 0 Å². The van der Waals surface area contributed by atoms with Gasteiger partial charge in [0.05, 0.1) is 22.4 Å². The molecule has 7 rings (SSSR count). The lowest BCUT2D eigenvalue weighted by molar-refractivity contribution is 0.892. The average Bonchev–Trinajstić information content (AvgIpc) is 3.44. The van der Waals surface area contributed by atoms with Gasteiger partial charge in [0.15, 0.2) is 0 Å². The van der Waals surface area contributed by atoms with E-state index in [4.69, 9.17) is 15.7 Å². The van der Waals surface area contributed by atoms with Gasteiger partial charge in [-0.2, -0.15) is 0 Å². The van der Waals surface area contributed by atoms with Crippen molar-refractivity contribution in [2.24, 2.45) is 11.7 Å². The summed E-state index contributed by atoms with van der Waals surface area (Å²) in [5.74, 6) is 0.248. The van der Waals surface area contributed by atoms with E-state index in [1.165, 1.54) is 11.6 Å².